The molecule has 3 fully saturated rings. The maximum Gasteiger partial charge on any atom is 0.190 e. The number of nitrogens with zero attached hydrogens (tertiary/aromatic N) is 1. The van der Waals surface area contributed by atoms with E-state index in [2.05, 4.69) is 15.6 Å². The summed E-state index contributed by atoms with van der Waals surface area (Å²) in [6, 6.07) is 0. The third-order valence-corrected chi connectivity index (χ3v) is 6.37. The first-order valence-electron chi connectivity index (χ1n) is 10.4. The molecule has 0 spiro atoms. The lowest BCUT2D eigenvalue weighted by Gasteiger charge is -2.22. The number of hydrogen-bond acceptors (Lipinski definition) is 3. The molecule has 2 aliphatic carbocycles. The number of nitrogens with one attached hydrogen (secondary N) is 2. The van der Waals surface area contributed by atoms with Crippen LogP contribution in [0.25, 0.3) is 0 Å². The predicted octanol–water partition coefficient (Wildman–Crippen LogP) is 2.81. The van der Waals surface area contributed by atoms with E-state index in [1.165, 1.54) is 32.1 Å². The van der Waals surface area contributed by atoms with Gasteiger partial charge in [0.1, 0.15) is 0 Å². The van der Waals surface area contributed by atoms with Crippen molar-refractivity contribution < 1.29 is 9.47 Å². The molecular formula is C20H37N3O2. The molecule has 1 aliphatic heterocycles. The van der Waals surface area contributed by atoms with Crippen LogP contribution in [0.1, 0.15) is 51.4 Å². The fraction of sp³-hybridized carbons (Fsp3) is 0.950. The summed E-state index contributed by atoms with van der Waals surface area (Å²) in [7, 11) is 1.86. The van der Waals surface area contributed by atoms with Gasteiger partial charge in [-0.3, -0.25) is 4.99 Å². The molecule has 3 aliphatic rings. The topological polar surface area (TPSA) is 54.9 Å². The summed E-state index contributed by atoms with van der Waals surface area (Å²) >= 11 is 0. The monoisotopic (exact) mass is 351 g/mol. The van der Waals surface area contributed by atoms with E-state index in [9.17, 15) is 0 Å². The lowest BCUT2D eigenvalue weighted by molar-refractivity contribution is 0.0203. The van der Waals surface area contributed by atoms with E-state index in [0.717, 1.165) is 82.5 Å². The Morgan fingerprint density at radius 1 is 1.08 bits per heavy atom. The van der Waals surface area contributed by atoms with E-state index in [4.69, 9.17) is 9.47 Å². The first-order valence-corrected chi connectivity index (χ1v) is 10.4. The van der Waals surface area contributed by atoms with E-state index in [1.807, 2.05) is 7.05 Å². The van der Waals surface area contributed by atoms with Gasteiger partial charge in [-0.25, -0.2) is 0 Å². The third-order valence-electron chi connectivity index (χ3n) is 6.37. The fourth-order valence-electron chi connectivity index (χ4n) is 4.87. The predicted molar refractivity (Wildman–Crippen MR) is 102 cm³/mol. The van der Waals surface area contributed by atoms with Gasteiger partial charge in [0.25, 0.3) is 0 Å². The highest BCUT2D eigenvalue weighted by Crippen LogP contribution is 2.49. The molecule has 25 heavy (non-hydrogen) atoms. The minimum absolute atomic E-state index is 0.696. The summed E-state index contributed by atoms with van der Waals surface area (Å²) in [6.07, 6.45) is 10.6. The van der Waals surface area contributed by atoms with Crippen LogP contribution in [0.5, 0.6) is 0 Å². The van der Waals surface area contributed by atoms with Gasteiger partial charge in [-0.15, -0.1) is 0 Å². The highest BCUT2D eigenvalue weighted by molar-refractivity contribution is 5.79. The van der Waals surface area contributed by atoms with Crippen LogP contribution in [0.4, 0.5) is 0 Å². The van der Waals surface area contributed by atoms with Gasteiger partial charge < -0.3 is 20.1 Å². The molecule has 0 aromatic rings. The van der Waals surface area contributed by atoms with Crippen LogP contribution < -0.4 is 10.6 Å². The second kappa shape index (κ2) is 10.4. The summed E-state index contributed by atoms with van der Waals surface area (Å²) in [4.78, 5) is 4.33. The average molecular weight is 352 g/mol. The molecule has 0 aromatic heterocycles. The van der Waals surface area contributed by atoms with Crippen molar-refractivity contribution >= 4 is 5.96 Å². The number of aliphatic imine (C=N–C) groups is 1. The SMILES string of the molecule is CN=C(NCCCOCC1CCOCC1)NCCC1CC2CCC1C2. The Morgan fingerprint density at radius 2 is 1.92 bits per heavy atom. The molecule has 5 heteroatoms. The van der Waals surface area contributed by atoms with Gasteiger partial charge in [0.2, 0.25) is 0 Å². The molecule has 0 radical (unpaired) electrons. The zero-order valence-corrected chi connectivity index (χ0v) is 16.0. The van der Waals surface area contributed by atoms with Crippen molar-refractivity contribution in [3.63, 3.8) is 0 Å². The zero-order chi connectivity index (χ0) is 17.3. The van der Waals surface area contributed by atoms with Crippen molar-refractivity contribution in [3.8, 4) is 0 Å². The molecule has 1 heterocycles. The second-order valence-electron chi connectivity index (χ2n) is 8.13. The standard InChI is InChI=1S/C20H37N3O2/c1-21-20(23-9-5-19-14-17-3-4-18(19)13-17)22-8-2-10-25-15-16-6-11-24-12-7-16/h16-19H,2-15H2,1H3,(H2,21,22,23). The lowest BCUT2D eigenvalue weighted by Crippen LogP contribution is -2.39. The van der Waals surface area contributed by atoms with E-state index in [1.54, 1.807) is 0 Å². The van der Waals surface area contributed by atoms with Gasteiger partial charge in [-0.05, 0) is 68.6 Å². The summed E-state index contributed by atoms with van der Waals surface area (Å²) in [5.74, 6) is 4.67. The van der Waals surface area contributed by atoms with Crippen molar-refractivity contribution in [2.24, 2.45) is 28.7 Å². The van der Waals surface area contributed by atoms with Gasteiger partial charge >= 0.3 is 0 Å². The molecule has 1 saturated heterocycles. The summed E-state index contributed by atoms with van der Waals surface area (Å²) in [5, 5.41) is 6.89. The van der Waals surface area contributed by atoms with E-state index in [0.29, 0.717) is 5.92 Å². The van der Waals surface area contributed by atoms with Crippen LogP contribution in [0, 0.1) is 23.7 Å². The Kier molecular flexibility index (Phi) is 7.86. The van der Waals surface area contributed by atoms with Crippen LogP contribution in [0.2, 0.25) is 0 Å². The first kappa shape index (κ1) is 19.0. The van der Waals surface area contributed by atoms with E-state index in [-0.39, 0.29) is 0 Å². The Morgan fingerprint density at radius 3 is 2.64 bits per heavy atom. The molecule has 144 valence electrons. The average Bonchev–Trinajstić information content (AvgIpc) is 3.27. The summed E-state index contributed by atoms with van der Waals surface area (Å²) < 4.78 is 11.2. The van der Waals surface area contributed by atoms with Crippen LogP contribution in [-0.2, 0) is 9.47 Å². The molecule has 5 nitrogen and oxygen atoms in total. The van der Waals surface area contributed by atoms with Crippen LogP contribution >= 0.6 is 0 Å². The van der Waals surface area contributed by atoms with Crippen LogP contribution in [-0.4, -0.2) is 52.5 Å². The third kappa shape index (κ3) is 6.14. The first-order chi connectivity index (χ1) is 12.3. The quantitative estimate of drug-likeness (QED) is 0.381. The van der Waals surface area contributed by atoms with Gasteiger partial charge in [0.15, 0.2) is 5.96 Å². The highest BCUT2D eigenvalue weighted by atomic mass is 16.5. The fourth-order valence-corrected chi connectivity index (χ4v) is 4.87. The minimum atomic E-state index is 0.696. The molecule has 2 bridgehead atoms. The van der Waals surface area contributed by atoms with Crippen LogP contribution in [0.3, 0.4) is 0 Å². The van der Waals surface area contributed by atoms with Crippen molar-refractivity contribution in [2.45, 2.75) is 51.4 Å². The Balaban J connectivity index is 1.17. The normalized spacial score (nSPS) is 30.0. The molecule has 3 rings (SSSR count). The number of hydrogen-bond donors (Lipinski definition) is 2. The van der Waals surface area contributed by atoms with Gasteiger partial charge in [-0.1, -0.05) is 6.42 Å². The van der Waals surface area contributed by atoms with Crippen molar-refractivity contribution in [2.75, 3.05) is 46.6 Å². The minimum Gasteiger partial charge on any atom is -0.381 e. The maximum atomic E-state index is 5.81. The summed E-state index contributed by atoms with van der Waals surface area (Å²) in [5.41, 5.74) is 0. The van der Waals surface area contributed by atoms with Crippen molar-refractivity contribution in [1.29, 1.82) is 0 Å². The molecule has 0 aromatic carbocycles. The van der Waals surface area contributed by atoms with Gasteiger partial charge in [0.05, 0.1) is 0 Å². The number of fused-ring (bicyclic) bond motifs is 2. The van der Waals surface area contributed by atoms with Crippen molar-refractivity contribution in [3.05, 3.63) is 0 Å². The Labute approximate surface area is 153 Å². The van der Waals surface area contributed by atoms with E-state index < -0.39 is 0 Å². The highest BCUT2D eigenvalue weighted by Gasteiger charge is 2.38. The van der Waals surface area contributed by atoms with Crippen LogP contribution in [0.15, 0.2) is 4.99 Å². The Hall–Kier alpha value is -0.810. The van der Waals surface area contributed by atoms with Gasteiger partial charge in [-0.2, -0.15) is 0 Å². The Bertz CT molecular complexity index is 410. The largest absolute Gasteiger partial charge is 0.381 e. The summed E-state index contributed by atoms with van der Waals surface area (Å²) in [6.45, 7) is 5.49. The number of rotatable bonds is 9. The molecule has 2 N–H and O–H groups in total. The smallest absolute Gasteiger partial charge is 0.190 e. The number of guanidine groups is 1. The van der Waals surface area contributed by atoms with Crippen molar-refractivity contribution in [1.82, 2.24) is 10.6 Å². The molecular weight excluding hydrogens is 314 g/mol. The second-order valence-corrected chi connectivity index (χ2v) is 8.13. The lowest BCUT2D eigenvalue weighted by atomic mass is 9.86. The zero-order valence-electron chi connectivity index (χ0n) is 16.0. The molecule has 0 amide bonds. The maximum absolute atomic E-state index is 5.81. The molecule has 3 unspecified atom stereocenters. The number of ether oxygens (including phenoxy) is 2. The molecule has 3 atom stereocenters. The van der Waals surface area contributed by atoms with Gasteiger partial charge in [0, 0.05) is 46.6 Å². The molecule has 2 saturated carbocycles. The van der Waals surface area contributed by atoms with E-state index >= 15 is 0 Å².